The van der Waals surface area contributed by atoms with Crippen molar-refractivity contribution in [3.63, 3.8) is 0 Å². The first-order valence-corrected chi connectivity index (χ1v) is 4.47. The molecule has 0 aliphatic carbocycles. The molecule has 0 radical (unpaired) electrons. The summed E-state index contributed by atoms with van der Waals surface area (Å²) in [5, 5.41) is 0. The van der Waals surface area contributed by atoms with Gasteiger partial charge in [0.05, 0.1) is 18.5 Å². The summed E-state index contributed by atoms with van der Waals surface area (Å²) in [6.07, 6.45) is 1.59. The first-order valence-electron chi connectivity index (χ1n) is 4.47. The molecule has 2 rings (SSSR count). The SMILES string of the molecule is C/C(C1=NCCO1)=C(/N)c1ccco1. The highest BCUT2D eigenvalue weighted by Gasteiger charge is 2.14. The van der Waals surface area contributed by atoms with E-state index in [0.29, 0.717) is 30.5 Å². The third kappa shape index (κ3) is 1.51. The maximum atomic E-state index is 5.89. The van der Waals surface area contributed by atoms with Gasteiger partial charge in [0.15, 0.2) is 0 Å². The minimum absolute atomic E-state index is 0.579. The fourth-order valence-electron chi connectivity index (χ4n) is 1.29. The van der Waals surface area contributed by atoms with Crippen LogP contribution in [0.4, 0.5) is 0 Å². The van der Waals surface area contributed by atoms with Crippen molar-refractivity contribution in [2.45, 2.75) is 6.92 Å². The summed E-state index contributed by atoms with van der Waals surface area (Å²) in [6, 6.07) is 3.61. The minimum Gasteiger partial charge on any atom is -0.476 e. The maximum absolute atomic E-state index is 5.89. The van der Waals surface area contributed by atoms with Crippen molar-refractivity contribution < 1.29 is 9.15 Å². The lowest BCUT2D eigenvalue weighted by molar-refractivity contribution is 0.347. The average molecular weight is 192 g/mol. The molecule has 0 unspecified atom stereocenters. The van der Waals surface area contributed by atoms with Gasteiger partial charge >= 0.3 is 0 Å². The number of nitrogens with zero attached hydrogens (tertiary/aromatic N) is 1. The first-order chi connectivity index (χ1) is 6.79. The third-order valence-electron chi connectivity index (χ3n) is 2.10. The van der Waals surface area contributed by atoms with Crippen molar-refractivity contribution in [3.05, 3.63) is 29.7 Å². The van der Waals surface area contributed by atoms with Gasteiger partial charge in [0, 0.05) is 5.57 Å². The van der Waals surface area contributed by atoms with Crippen LogP contribution in [0.1, 0.15) is 12.7 Å². The fraction of sp³-hybridized carbons (Fsp3) is 0.300. The zero-order valence-electron chi connectivity index (χ0n) is 7.99. The van der Waals surface area contributed by atoms with E-state index in [4.69, 9.17) is 14.9 Å². The summed E-state index contributed by atoms with van der Waals surface area (Å²) in [4.78, 5) is 4.18. The maximum Gasteiger partial charge on any atom is 0.214 e. The van der Waals surface area contributed by atoms with Gasteiger partial charge in [-0.3, -0.25) is 0 Å². The van der Waals surface area contributed by atoms with Crippen LogP contribution in [0.25, 0.3) is 5.70 Å². The third-order valence-corrected chi connectivity index (χ3v) is 2.10. The molecular weight excluding hydrogens is 180 g/mol. The van der Waals surface area contributed by atoms with E-state index in [1.165, 1.54) is 0 Å². The molecule has 0 saturated heterocycles. The molecule has 0 atom stereocenters. The van der Waals surface area contributed by atoms with Crippen molar-refractivity contribution in [1.29, 1.82) is 0 Å². The molecule has 1 aromatic heterocycles. The number of ether oxygens (including phenoxy) is 1. The van der Waals surface area contributed by atoms with Gasteiger partial charge in [-0.1, -0.05) is 0 Å². The quantitative estimate of drug-likeness (QED) is 0.770. The van der Waals surface area contributed by atoms with Crippen LogP contribution in [0.15, 0.2) is 33.4 Å². The van der Waals surface area contributed by atoms with E-state index in [0.717, 1.165) is 5.57 Å². The van der Waals surface area contributed by atoms with Gasteiger partial charge in [-0.15, -0.1) is 0 Å². The van der Waals surface area contributed by atoms with Crippen molar-refractivity contribution in [3.8, 4) is 0 Å². The molecule has 1 aliphatic rings. The highest BCUT2D eigenvalue weighted by Crippen LogP contribution is 2.16. The molecule has 1 aliphatic heterocycles. The summed E-state index contributed by atoms with van der Waals surface area (Å²) in [6.45, 7) is 3.22. The minimum atomic E-state index is 0.579. The van der Waals surface area contributed by atoms with Crippen molar-refractivity contribution in [2.24, 2.45) is 10.7 Å². The Kier molecular flexibility index (Phi) is 2.26. The van der Waals surface area contributed by atoms with Gasteiger partial charge in [0.1, 0.15) is 12.4 Å². The number of rotatable bonds is 2. The Bertz CT molecular complexity index is 377. The molecule has 0 fully saturated rings. The molecular formula is C10H12N2O2. The van der Waals surface area contributed by atoms with Gasteiger partial charge in [-0.05, 0) is 19.1 Å². The molecule has 14 heavy (non-hydrogen) atoms. The number of aliphatic imine (C=N–C) groups is 1. The molecule has 0 amide bonds. The van der Waals surface area contributed by atoms with E-state index in [-0.39, 0.29) is 0 Å². The second-order valence-corrected chi connectivity index (χ2v) is 3.05. The van der Waals surface area contributed by atoms with Gasteiger partial charge in [-0.25, -0.2) is 4.99 Å². The highest BCUT2D eigenvalue weighted by atomic mass is 16.5. The van der Waals surface area contributed by atoms with Gasteiger partial charge in [0.25, 0.3) is 0 Å². The zero-order chi connectivity index (χ0) is 9.97. The topological polar surface area (TPSA) is 60.8 Å². The van der Waals surface area contributed by atoms with Crippen LogP contribution in [0.3, 0.4) is 0 Å². The van der Waals surface area contributed by atoms with E-state index in [1.807, 2.05) is 13.0 Å². The Morgan fingerprint density at radius 2 is 2.43 bits per heavy atom. The summed E-state index contributed by atoms with van der Waals surface area (Å²) < 4.78 is 10.5. The lowest BCUT2D eigenvalue weighted by Gasteiger charge is -2.04. The molecule has 74 valence electrons. The highest BCUT2D eigenvalue weighted by molar-refractivity contribution is 6.00. The summed E-state index contributed by atoms with van der Waals surface area (Å²) in [5.41, 5.74) is 7.30. The lowest BCUT2D eigenvalue weighted by Crippen LogP contribution is -2.08. The summed E-state index contributed by atoms with van der Waals surface area (Å²) >= 11 is 0. The molecule has 4 heteroatoms. The monoisotopic (exact) mass is 192 g/mol. The van der Waals surface area contributed by atoms with Crippen molar-refractivity contribution in [1.82, 2.24) is 0 Å². The number of furan rings is 1. The van der Waals surface area contributed by atoms with Crippen molar-refractivity contribution >= 4 is 11.6 Å². The lowest BCUT2D eigenvalue weighted by atomic mass is 10.2. The van der Waals surface area contributed by atoms with E-state index in [9.17, 15) is 0 Å². The molecule has 0 saturated carbocycles. The second-order valence-electron chi connectivity index (χ2n) is 3.05. The van der Waals surface area contributed by atoms with E-state index in [2.05, 4.69) is 4.99 Å². The van der Waals surface area contributed by atoms with Crippen LogP contribution in [0.2, 0.25) is 0 Å². The Morgan fingerprint density at radius 1 is 1.57 bits per heavy atom. The van der Waals surface area contributed by atoms with Crippen molar-refractivity contribution in [2.75, 3.05) is 13.2 Å². The van der Waals surface area contributed by atoms with Crippen LogP contribution in [0.5, 0.6) is 0 Å². The zero-order valence-corrected chi connectivity index (χ0v) is 7.99. The van der Waals surface area contributed by atoms with Crippen LogP contribution >= 0.6 is 0 Å². The van der Waals surface area contributed by atoms with E-state index < -0.39 is 0 Å². The summed E-state index contributed by atoms with van der Waals surface area (Å²) in [5.74, 6) is 1.28. The number of hydrogen-bond donors (Lipinski definition) is 1. The van der Waals surface area contributed by atoms with Gasteiger partial charge < -0.3 is 14.9 Å². The van der Waals surface area contributed by atoms with Crippen LogP contribution in [0, 0.1) is 0 Å². The van der Waals surface area contributed by atoms with Crippen LogP contribution in [-0.2, 0) is 4.74 Å². The molecule has 0 spiro atoms. The summed E-state index contributed by atoms with van der Waals surface area (Å²) in [7, 11) is 0. The first kappa shape index (κ1) is 8.87. The Balaban J connectivity index is 2.30. The molecule has 0 bridgehead atoms. The predicted octanol–water partition coefficient (Wildman–Crippen LogP) is 1.40. The second kappa shape index (κ2) is 3.57. The Hall–Kier alpha value is -1.71. The average Bonchev–Trinajstić information content (AvgIpc) is 2.87. The predicted molar refractivity (Wildman–Crippen MR) is 53.7 cm³/mol. The molecule has 2 heterocycles. The van der Waals surface area contributed by atoms with E-state index >= 15 is 0 Å². The molecule has 2 N–H and O–H groups in total. The van der Waals surface area contributed by atoms with Crippen LogP contribution < -0.4 is 5.73 Å². The number of hydrogen-bond acceptors (Lipinski definition) is 4. The number of nitrogens with two attached hydrogens (primary N) is 1. The smallest absolute Gasteiger partial charge is 0.214 e. The van der Waals surface area contributed by atoms with Crippen LogP contribution in [-0.4, -0.2) is 19.0 Å². The largest absolute Gasteiger partial charge is 0.476 e. The van der Waals surface area contributed by atoms with E-state index in [1.54, 1.807) is 12.3 Å². The molecule has 4 nitrogen and oxygen atoms in total. The van der Waals surface area contributed by atoms with Gasteiger partial charge in [0.2, 0.25) is 5.90 Å². The Morgan fingerprint density at radius 3 is 3.00 bits per heavy atom. The molecule has 1 aromatic rings. The Labute approximate surface area is 82.1 Å². The fourth-order valence-corrected chi connectivity index (χ4v) is 1.29. The normalized spacial score (nSPS) is 17.4. The molecule has 0 aromatic carbocycles. The van der Waals surface area contributed by atoms with Gasteiger partial charge in [-0.2, -0.15) is 0 Å². The standard InChI is InChI=1S/C10H12N2O2/c1-7(10-12-4-6-14-10)9(11)8-3-2-5-13-8/h2-3,5H,4,6,11H2,1H3/b9-7-.